The van der Waals surface area contributed by atoms with E-state index in [9.17, 15) is 4.79 Å². The minimum atomic E-state index is -0.268. The number of aromatic nitrogens is 1. The van der Waals surface area contributed by atoms with Crippen LogP contribution in [-0.2, 0) is 11.2 Å². The van der Waals surface area contributed by atoms with E-state index >= 15 is 0 Å². The number of hydrogen-bond donors (Lipinski definition) is 1. The molecule has 1 atom stereocenters. The predicted molar refractivity (Wildman–Crippen MR) is 98.8 cm³/mol. The van der Waals surface area contributed by atoms with Crippen LogP contribution in [0.2, 0.25) is 0 Å². The van der Waals surface area contributed by atoms with Crippen LogP contribution in [0.3, 0.4) is 0 Å². The monoisotopic (exact) mass is 331 g/mol. The zero-order chi connectivity index (χ0) is 17.2. The number of nitrogens with one attached hydrogen (secondary N) is 1. The topological polar surface area (TPSA) is 42.1 Å². The van der Waals surface area contributed by atoms with Crippen LogP contribution in [-0.4, -0.2) is 17.6 Å². The molecule has 0 saturated carbocycles. The van der Waals surface area contributed by atoms with Gasteiger partial charge in [-0.15, -0.1) is 0 Å². The van der Waals surface area contributed by atoms with Gasteiger partial charge in [0.25, 0.3) is 0 Å². The van der Waals surface area contributed by atoms with Crippen LogP contribution in [0, 0.1) is 0 Å². The molecule has 0 spiro atoms. The van der Waals surface area contributed by atoms with Crippen molar-refractivity contribution < 1.29 is 9.53 Å². The highest BCUT2D eigenvalue weighted by Crippen LogP contribution is 2.38. The van der Waals surface area contributed by atoms with Crippen LogP contribution in [0.25, 0.3) is 11.1 Å². The van der Waals surface area contributed by atoms with Crippen molar-refractivity contribution in [1.82, 2.24) is 4.98 Å². The fourth-order valence-electron chi connectivity index (χ4n) is 3.67. The number of H-pyrrole nitrogens is 1. The first-order chi connectivity index (χ1) is 12.3. The second-order valence-corrected chi connectivity index (χ2v) is 6.42. The number of esters is 1. The largest absolute Gasteiger partial charge is 0.461 e. The van der Waals surface area contributed by atoms with Gasteiger partial charge >= 0.3 is 5.97 Å². The molecule has 3 nitrogen and oxygen atoms in total. The van der Waals surface area contributed by atoms with Gasteiger partial charge in [-0.05, 0) is 48.1 Å². The summed E-state index contributed by atoms with van der Waals surface area (Å²) in [7, 11) is 0. The number of benzene rings is 2. The molecule has 3 aromatic rings. The van der Waals surface area contributed by atoms with Crippen molar-refractivity contribution in [2.24, 2.45) is 0 Å². The maximum atomic E-state index is 11.9. The summed E-state index contributed by atoms with van der Waals surface area (Å²) in [6.45, 7) is 2.22. The molecular weight excluding hydrogens is 310 g/mol. The molecule has 0 fully saturated rings. The summed E-state index contributed by atoms with van der Waals surface area (Å²) in [6.07, 6.45) is 2.07. The Hall–Kier alpha value is -2.81. The van der Waals surface area contributed by atoms with E-state index in [1.54, 1.807) is 0 Å². The van der Waals surface area contributed by atoms with Gasteiger partial charge in [-0.1, -0.05) is 54.6 Å². The van der Waals surface area contributed by atoms with Crippen molar-refractivity contribution in [2.75, 3.05) is 6.61 Å². The third-order valence-corrected chi connectivity index (χ3v) is 4.90. The van der Waals surface area contributed by atoms with Gasteiger partial charge in [0.15, 0.2) is 0 Å². The van der Waals surface area contributed by atoms with Gasteiger partial charge in [0.1, 0.15) is 5.69 Å². The van der Waals surface area contributed by atoms with Crippen LogP contribution in [0.15, 0.2) is 60.7 Å². The first kappa shape index (κ1) is 15.7. The number of aromatic amines is 1. The average Bonchev–Trinajstić information content (AvgIpc) is 3.24. The second kappa shape index (κ2) is 6.60. The van der Waals surface area contributed by atoms with E-state index in [2.05, 4.69) is 53.5 Å². The first-order valence-electron chi connectivity index (χ1n) is 8.80. The van der Waals surface area contributed by atoms with Gasteiger partial charge in [0, 0.05) is 11.6 Å². The number of fused-ring (bicyclic) bond motifs is 1. The predicted octanol–water partition coefficient (Wildman–Crippen LogP) is 4.94. The lowest BCUT2D eigenvalue weighted by atomic mass is 9.94. The fourth-order valence-corrected chi connectivity index (χ4v) is 3.67. The van der Waals surface area contributed by atoms with Crippen molar-refractivity contribution in [1.29, 1.82) is 0 Å². The fraction of sp³-hybridized carbons (Fsp3) is 0.227. The van der Waals surface area contributed by atoms with E-state index < -0.39 is 0 Å². The van der Waals surface area contributed by atoms with Crippen LogP contribution in [0.4, 0.5) is 0 Å². The van der Waals surface area contributed by atoms with Crippen molar-refractivity contribution in [3.63, 3.8) is 0 Å². The summed E-state index contributed by atoms with van der Waals surface area (Å²) >= 11 is 0. The van der Waals surface area contributed by atoms with Gasteiger partial charge in [0.05, 0.1) is 6.61 Å². The molecule has 4 rings (SSSR count). The standard InChI is InChI=1S/C22H21NO2/c1-2-25-22(24)20-14-18-12-13-19(21(18)23-20)17-10-8-16(9-11-17)15-6-4-3-5-7-15/h3-11,14,19,23H,2,12-13H2,1H3. The SMILES string of the molecule is CCOC(=O)c1cc2c([nH]1)C(c1ccc(-c3ccccc3)cc1)CC2. The van der Waals surface area contributed by atoms with Crippen LogP contribution >= 0.6 is 0 Å². The molecule has 1 aliphatic carbocycles. The van der Waals surface area contributed by atoms with E-state index in [-0.39, 0.29) is 5.97 Å². The van der Waals surface area contributed by atoms with Crippen LogP contribution in [0.5, 0.6) is 0 Å². The molecule has 1 unspecified atom stereocenters. The normalized spacial score (nSPS) is 15.8. The number of carbonyl (C=O) groups excluding carboxylic acids is 1. The third-order valence-electron chi connectivity index (χ3n) is 4.90. The molecule has 126 valence electrons. The van der Waals surface area contributed by atoms with Gasteiger partial charge < -0.3 is 9.72 Å². The van der Waals surface area contributed by atoms with Crippen LogP contribution < -0.4 is 0 Å². The van der Waals surface area contributed by atoms with E-state index in [1.807, 2.05) is 19.1 Å². The first-order valence-corrected chi connectivity index (χ1v) is 8.80. The average molecular weight is 331 g/mol. The Morgan fingerprint density at radius 2 is 1.80 bits per heavy atom. The molecular formula is C22H21NO2. The molecule has 0 radical (unpaired) electrons. The highest BCUT2D eigenvalue weighted by Gasteiger charge is 2.28. The molecule has 0 bridgehead atoms. The minimum Gasteiger partial charge on any atom is -0.461 e. The summed E-state index contributed by atoms with van der Waals surface area (Å²) in [5.74, 6) is 0.0538. The maximum Gasteiger partial charge on any atom is 0.354 e. The molecule has 2 aromatic carbocycles. The number of aryl methyl sites for hydroxylation is 1. The Labute approximate surface area is 147 Å². The Balaban J connectivity index is 1.59. The summed E-state index contributed by atoms with van der Waals surface area (Å²) in [4.78, 5) is 15.2. The summed E-state index contributed by atoms with van der Waals surface area (Å²) < 4.78 is 5.10. The van der Waals surface area contributed by atoms with Crippen molar-refractivity contribution in [3.05, 3.63) is 83.2 Å². The maximum absolute atomic E-state index is 11.9. The Kier molecular flexibility index (Phi) is 4.14. The third kappa shape index (κ3) is 2.98. The van der Waals surface area contributed by atoms with Crippen molar-refractivity contribution in [2.45, 2.75) is 25.7 Å². The zero-order valence-electron chi connectivity index (χ0n) is 14.3. The molecule has 25 heavy (non-hydrogen) atoms. The zero-order valence-corrected chi connectivity index (χ0v) is 14.3. The summed E-state index contributed by atoms with van der Waals surface area (Å²) in [6, 6.07) is 21.1. The smallest absolute Gasteiger partial charge is 0.354 e. The lowest BCUT2D eigenvalue weighted by Crippen LogP contribution is -2.06. The molecule has 0 saturated heterocycles. The van der Waals surface area contributed by atoms with Gasteiger partial charge in [-0.2, -0.15) is 0 Å². The minimum absolute atomic E-state index is 0.268. The van der Waals surface area contributed by atoms with E-state index in [0.29, 0.717) is 18.2 Å². The Morgan fingerprint density at radius 3 is 2.52 bits per heavy atom. The van der Waals surface area contributed by atoms with Gasteiger partial charge in [-0.25, -0.2) is 4.79 Å². The molecule has 0 aliphatic heterocycles. The lowest BCUT2D eigenvalue weighted by molar-refractivity contribution is 0.0520. The number of ether oxygens (including phenoxy) is 1. The van der Waals surface area contributed by atoms with E-state index in [1.165, 1.54) is 22.3 Å². The molecule has 1 aliphatic rings. The quantitative estimate of drug-likeness (QED) is 0.688. The Morgan fingerprint density at radius 1 is 1.08 bits per heavy atom. The number of rotatable bonds is 4. The molecule has 1 heterocycles. The molecule has 1 N–H and O–H groups in total. The van der Waals surface area contributed by atoms with E-state index in [0.717, 1.165) is 18.5 Å². The number of hydrogen-bond acceptors (Lipinski definition) is 2. The highest BCUT2D eigenvalue weighted by molar-refractivity contribution is 5.88. The second-order valence-electron chi connectivity index (χ2n) is 6.42. The van der Waals surface area contributed by atoms with Crippen LogP contribution in [0.1, 0.15) is 46.6 Å². The Bertz CT molecular complexity index is 878. The van der Waals surface area contributed by atoms with Crippen molar-refractivity contribution >= 4 is 5.97 Å². The van der Waals surface area contributed by atoms with Crippen molar-refractivity contribution in [3.8, 4) is 11.1 Å². The lowest BCUT2D eigenvalue weighted by Gasteiger charge is -2.12. The summed E-state index contributed by atoms with van der Waals surface area (Å²) in [5, 5.41) is 0. The molecule has 3 heteroatoms. The molecule has 1 aromatic heterocycles. The highest BCUT2D eigenvalue weighted by atomic mass is 16.5. The summed E-state index contributed by atoms with van der Waals surface area (Å²) in [5.41, 5.74) is 6.70. The van der Waals surface area contributed by atoms with Gasteiger partial charge in [0.2, 0.25) is 0 Å². The van der Waals surface area contributed by atoms with E-state index in [4.69, 9.17) is 4.74 Å². The number of carbonyl (C=O) groups is 1. The van der Waals surface area contributed by atoms with Gasteiger partial charge in [-0.3, -0.25) is 0 Å². The molecule has 0 amide bonds.